The van der Waals surface area contributed by atoms with Crippen molar-refractivity contribution >= 4 is 21.9 Å². The summed E-state index contributed by atoms with van der Waals surface area (Å²) in [5.74, 6) is 0.591. The van der Waals surface area contributed by atoms with Crippen LogP contribution >= 0.6 is 15.9 Å². The molecule has 0 saturated carbocycles. The van der Waals surface area contributed by atoms with Gasteiger partial charge in [-0.25, -0.2) is 4.79 Å². The first kappa shape index (κ1) is 14.6. The highest BCUT2D eigenvalue weighted by Crippen LogP contribution is 2.28. The first-order valence-electron chi connectivity index (χ1n) is 6.32. The Hall–Kier alpha value is -1.81. The summed E-state index contributed by atoms with van der Waals surface area (Å²) in [4.78, 5) is 12.2. The van der Waals surface area contributed by atoms with Gasteiger partial charge in [0, 0.05) is 0 Å². The molecule has 4 heteroatoms. The van der Waals surface area contributed by atoms with E-state index in [4.69, 9.17) is 9.47 Å². The minimum Gasteiger partial charge on any atom is -0.493 e. The standard InChI is InChI=1S/C16H15BrO3/c1-3-19-14-7-5-4-6-12(14)16(18)20-15-9-8-11(2)10-13(15)17/h4-10H,3H2,1-2H3. The van der Waals surface area contributed by atoms with Gasteiger partial charge in [-0.3, -0.25) is 0 Å². The highest BCUT2D eigenvalue weighted by molar-refractivity contribution is 9.10. The van der Waals surface area contributed by atoms with Crippen LogP contribution in [0.2, 0.25) is 0 Å². The second kappa shape index (κ2) is 6.57. The van der Waals surface area contributed by atoms with E-state index >= 15 is 0 Å². The van der Waals surface area contributed by atoms with Crippen LogP contribution < -0.4 is 9.47 Å². The minimum absolute atomic E-state index is 0.418. The summed E-state index contributed by atoms with van der Waals surface area (Å²) in [5.41, 5.74) is 1.51. The van der Waals surface area contributed by atoms with Crippen LogP contribution in [0.25, 0.3) is 0 Å². The summed E-state index contributed by atoms with van der Waals surface area (Å²) in [5, 5.41) is 0. The van der Waals surface area contributed by atoms with E-state index in [1.54, 1.807) is 24.3 Å². The zero-order valence-electron chi connectivity index (χ0n) is 11.4. The summed E-state index contributed by atoms with van der Waals surface area (Å²) < 4.78 is 11.6. The van der Waals surface area contributed by atoms with E-state index in [1.165, 1.54) is 0 Å². The van der Waals surface area contributed by atoms with Crippen molar-refractivity contribution in [2.45, 2.75) is 13.8 Å². The van der Waals surface area contributed by atoms with Crippen LogP contribution in [-0.4, -0.2) is 12.6 Å². The number of aryl methyl sites for hydroxylation is 1. The van der Waals surface area contributed by atoms with Gasteiger partial charge in [0.15, 0.2) is 0 Å². The molecule has 3 nitrogen and oxygen atoms in total. The van der Waals surface area contributed by atoms with Gasteiger partial charge in [-0.15, -0.1) is 0 Å². The molecular weight excluding hydrogens is 320 g/mol. The summed E-state index contributed by atoms with van der Waals surface area (Å²) in [6, 6.07) is 12.6. The zero-order valence-corrected chi connectivity index (χ0v) is 12.9. The summed E-state index contributed by atoms with van der Waals surface area (Å²) in [7, 11) is 0. The molecule has 0 bridgehead atoms. The number of halogens is 1. The smallest absolute Gasteiger partial charge is 0.347 e. The van der Waals surface area contributed by atoms with E-state index in [9.17, 15) is 4.79 Å². The van der Waals surface area contributed by atoms with Gasteiger partial charge in [0.2, 0.25) is 0 Å². The van der Waals surface area contributed by atoms with Crippen molar-refractivity contribution in [1.82, 2.24) is 0 Å². The van der Waals surface area contributed by atoms with Crippen molar-refractivity contribution in [3.63, 3.8) is 0 Å². The molecule has 0 aliphatic heterocycles. The van der Waals surface area contributed by atoms with E-state index < -0.39 is 5.97 Å². The fraction of sp³-hybridized carbons (Fsp3) is 0.188. The summed E-state index contributed by atoms with van der Waals surface area (Å²) >= 11 is 3.39. The Bertz CT molecular complexity index is 623. The molecule has 104 valence electrons. The molecule has 0 atom stereocenters. The monoisotopic (exact) mass is 334 g/mol. The molecule has 0 saturated heterocycles. The van der Waals surface area contributed by atoms with Crippen molar-refractivity contribution in [1.29, 1.82) is 0 Å². The Morgan fingerprint density at radius 2 is 1.90 bits per heavy atom. The van der Waals surface area contributed by atoms with Crippen LogP contribution in [0.5, 0.6) is 11.5 Å². The SMILES string of the molecule is CCOc1ccccc1C(=O)Oc1ccc(C)cc1Br. The molecule has 0 amide bonds. The van der Waals surface area contributed by atoms with Crippen LogP contribution in [0, 0.1) is 6.92 Å². The molecule has 0 aliphatic carbocycles. The number of carbonyl (C=O) groups excluding carboxylic acids is 1. The molecule has 0 N–H and O–H groups in total. The van der Waals surface area contributed by atoms with E-state index in [0.29, 0.717) is 23.7 Å². The normalized spacial score (nSPS) is 10.2. The predicted molar refractivity (Wildman–Crippen MR) is 81.4 cm³/mol. The highest BCUT2D eigenvalue weighted by atomic mass is 79.9. The van der Waals surface area contributed by atoms with Crippen LogP contribution in [-0.2, 0) is 0 Å². The van der Waals surface area contributed by atoms with Gasteiger partial charge >= 0.3 is 5.97 Å². The quantitative estimate of drug-likeness (QED) is 0.615. The number of esters is 1. The Labute approximate surface area is 126 Å². The summed E-state index contributed by atoms with van der Waals surface area (Å²) in [6.45, 7) is 4.35. The van der Waals surface area contributed by atoms with Crippen LogP contribution in [0.15, 0.2) is 46.9 Å². The fourth-order valence-electron chi connectivity index (χ4n) is 1.76. The lowest BCUT2D eigenvalue weighted by Gasteiger charge is -2.10. The van der Waals surface area contributed by atoms with Crippen LogP contribution in [0.1, 0.15) is 22.8 Å². The van der Waals surface area contributed by atoms with Gasteiger partial charge in [-0.1, -0.05) is 18.2 Å². The molecular formula is C16H15BrO3. The molecule has 0 spiro atoms. The van der Waals surface area contributed by atoms with E-state index in [2.05, 4.69) is 15.9 Å². The minimum atomic E-state index is -0.432. The number of benzene rings is 2. The van der Waals surface area contributed by atoms with Crippen LogP contribution in [0.4, 0.5) is 0 Å². The second-order valence-corrected chi connectivity index (χ2v) is 5.11. The average molecular weight is 335 g/mol. The maximum atomic E-state index is 12.2. The Morgan fingerprint density at radius 1 is 1.15 bits per heavy atom. The van der Waals surface area contributed by atoms with Gasteiger partial charge in [-0.2, -0.15) is 0 Å². The number of rotatable bonds is 4. The first-order chi connectivity index (χ1) is 9.61. The molecule has 2 aromatic carbocycles. The van der Waals surface area contributed by atoms with Crippen molar-refractivity contribution in [3.8, 4) is 11.5 Å². The third-order valence-electron chi connectivity index (χ3n) is 2.70. The molecule has 2 aromatic rings. The second-order valence-electron chi connectivity index (χ2n) is 4.25. The average Bonchev–Trinajstić information content (AvgIpc) is 2.43. The van der Waals surface area contributed by atoms with Crippen molar-refractivity contribution < 1.29 is 14.3 Å². The molecule has 0 aromatic heterocycles. The van der Waals surface area contributed by atoms with Gasteiger partial charge < -0.3 is 9.47 Å². The molecule has 0 fully saturated rings. The third-order valence-corrected chi connectivity index (χ3v) is 3.32. The van der Waals surface area contributed by atoms with Crippen molar-refractivity contribution in [2.75, 3.05) is 6.61 Å². The lowest BCUT2D eigenvalue weighted by molar-refractivity contribution is 0.0729. The maximum absolute atomic E-state index is 12.2. The predicted octanol–water partition coefficient (Wildman–Crippen LogP) is 4.38. The van der Waals surface area contributed by atoms with Gasteiger partial charge in [-0.05, 0) is 59.6 Å². The number of hydrogen-bond donors (Lipinski definition) is 0. The highest BCUT2D eigenvalue weighted by Gasteiger charge is 2.15. The maximum Gasteiger partial charge on any atom is 0.347 e. The Morgan fingerprint density at radius 3 is 2.60 bits per heavy atom. The Kier molecular flexibility index (Phi) is 4.79. The lowest BCUT2D eigenvalue weighted by Crippen LogP contribution is -2.11. The van der Waals surface area contributed by atoms with E-state index in [-0.39, 0.29) is 0 Å². The zero-order chi connectivity index (χ0) is 14.5. The molecule has 0 aliphatic rings. The van der Waals surface area contributed by atoms with Crippen molar-refractivity contribution in [2.24, 2.45) is 0 Å². The molecule has 0 heterocycles. The van der Waals surface area contributed by atoms with Crippen LogP contribution in [0.3, 0.4) is 0 Å². The molecule has 0 radical (unpaired) electrons. The number of ether oxygens (including phenoxy) is 2. The molecule has 0 unspecified atom stereocenters. The fourth-order valence-corrected chi connectivity index (χ4v) is 2.33. The van der Waals surface area contributed by atoms with Gasteiger partial charge in [0.25, 0.3) is 0 Å². The van der Waals surface area contributed by atoms with E-state index in [0.717, 1.165) is 10.0 Å². The van der Waals surface area contributed by atoms with E-state index in [1.807, 2.05) is 32.0 Å². The van der Waals surface area contributed by atoms with Gasteiger partial charge in [0.05, 0.1) is 11.1 Å². The van der Waals surface area contributed by atoms with Gasteiger partial charge in [0.1, 0.15) is 17.1 Å². The topological polar surface area (TPSA) is 35.5 Å². The molecule has 20 heavy (non-hydrogen) atoms. The Balaban J connectivity index is 2.24. The lowest BCUT2D eigenvalue weighted by atomic mass is 10.2. The molecule has 2 rings (SSSR count). The van der Waals surface area contributed by atoms with Crippen molar-refractivity contribution in [3.05, 3.63) is 58.1 Å². The largest absolute Gasteiger partial charge is 0.493 e. The number of carbonyl (C=O) groups is 1. The third kappa shape index (κ3) is 3.39. The number of hydrogen-bond acceptors (Lipinski definition) is 3. The summed E-state index contributed by atoms with van der Waals surface area (Å²) in [6.07, 6.45) is 0. The first-order valence-corrected chi connectivity index (χ1v) is 7.11. The number of para-hydroxylation sites is 1.